The normalized spacial score (nSPS) is 11.8. The molecule has 0 fully saturated rings. The molecule has 1 unspecified atom stereocenters. The molecule has 0 saturated heterocycles. The van der Waals surface area contributed by atoms with Gasteiger partial charge in [0.05, 0.1) is 16.8 Å². The summed E-state index contributed by atoms with van der Waals surface area (Å²) < 4.78 is 5.13. The predicted molar refractivity (Wildman–Crippen MR) is 102 cm³/mol. The third-order valence-corrected chi connectivity index (χ3v) is 4.90. The van der Waals surface area contributed by atoms with Crippen molar-refractivity contribution in [3.63, 3.8) is 0 Å². The van der Waals surface area contributed by atoms with Gasteiger partial charge < -0.3 is 9.64 Å². The monoisotopic (exact) mass is 374 g/mol. The number of thioether (sulfide) groups is 1. The second-order valence-electron chi connectivity index (χ2n) is 5.75. The third-order valence-electron chi connectivity index (χ3n) is 3.80. The molecule has 1 atom stereocenters. The van der Waals surface area contributed by atoms with E-state index in [0.29, 0.717) is 19.7 Å². The molecular formula is C19H22N2O4S. The Labute approximate surface area is 157 Å². The van der Waals surface area contributed by atoms with Gasteiger partial charge in [-0.1, -0.05) is 30.3 Å². The zero-order valence-electron chi connectivity index (χ0n) is 14.8. The molecule has 2 rings (SSSR count). The Kier molecular flexibility index (Phi) is 7.62. The molecule has 6 nitrogen and oxygen atoms in total. The van der Waals surface area contributed by atoms with Crippen LogP contribution in [-0.2, 0) is 16.1 Å². The second-order valence-corrected chi connectivity index (χ2v) is 7.16. The van der Waals surface area contributed by atoms with E-state index >= 15 is 0 Å². The fourth-order valence-corrected chi connectivity index (χ4v) is 3.38. The highest BCUT2D eigenvalue weighted by molar-refractivity contribution is 8.00. The van der Waals surface area contributed by atoms with Crippen LogP contribution in [0.5, 0.6) is 0 Å². The quantitative estimate of drug-likeness (QED) is 0.380. The molecule has 0 N–H and O–H groups in total. The zero-order chi connectivity index (χ0) is 18.9. The van der Waals surface area contributed by atoms with Gasteiger partial charge in [0.2, 0.25) is 5.91 Å². The van der Waals surface area contributed by atoms with Crippen molar-refractivity contribution < 1.29 is 14.5 Å². The van der Waals surface area contributed by atoms with Gasteiger partial charge in [0.25, 0.3) is 5.69 Å². The van der Waals surface area contributed by atoms with Crippen molar-refractivity contribution in [2.75, 3.05) is 20.3 Å². The Bertz CT molecular complexity index is 722. The average molecular weight is 374 g/mol. The first kappa shape index (κ1) is 19.9. The molecule has 0 bridgehead atoms. The first-order chi connectivity index (χ1) is 12.5. The highest BCUT2D eigenvalue weighted by Gasteiger charge is 2.22. The molecule has 26 heavy (non-hydrogen) atoms. The van der Waals surface area contributed by atoms with Crippen molar-refractivity contribution in [1.82, 2.24) is 4.90 Å². The van der Waals surface area contributed by atoms with E-state index in [9.17, 15) is 14.9 Å². The van der Waals surface area contributed by atoms with Gasteiger partial charge in [-0.25, -0.2) is 0 Å². The number of amides is 1. The lowest BCUT2D eigenvalue weighted by molar-refractivity contribution is -0.384. The van der Waals surface area contributed by atoms with Crippen molar-refractivity contribution in [1.29, 1.82) is 0 Å². The van der Waals surface area contributed by atoms with Crippen molar-refractivity contribution in [3.05, 3.63) is 70.3 Å². The lowest BCUT2D eigenvalue weighted by Crippen LogP contribution is -2.38. The van der Waals surface area contributed by atoms with Crippen LogP contribution in [0.3, 0.4) is 0 Å². The highest BCUT2D eigenvalue weighted by Crippen LogP contribution is 2.26. The molecule has 0 aromatic heterocycles. The van der Waals surface area contributed by atoms with Crippen LogP contribution in [-0.4, -0.2) is 41.2 Å². The minimum atomic E-state index is -0.435. The lowest BCUT2D eigenvalue weighted by atomic mass is 10.2. The van der Waals surface area contributed by atoms with Gasteiger partial charge in [0.1, 0.15) is 0 Å². The van der Waals surface area contributed by atoms with Gasteiger partial charge in [-0.2, -0.15) is 0 Å². The van der Waals surface area contributed by atoms with Crippen molar-refractivity contribution in [2.24, 2.45) is 0 Å². The third kappa shape index (κ3) is 5.86. The summed E-state index contributed by atoms with van der Waals surface area (Å²) in [4.78, 5) is 25.8. The summed E-state index contributed by atoms with van der Waals surface area (Å²) in [6, 6.07) is 16.1. The van der Waals surface area contributed by atoms with Gasteiger partial charge in [-0.3, -0.25) is 14.9 Å². The van der Waals surface area contributed by atoms with Crippen LogP contribution in [0.2, 0.25) is 0 Å². The summed E-state index contributed by atoms with van der Waals surface area (Å²) in [7, 11) is 1.61. The molecule has 2 aromatic rings. The molecule has 7 heteroatoms. The highest BCUT2D eigenvalue weighted by atomic mass is 32.2. The predicted octanol–water partition coefficient (Wildman–Crippen LogP) is 3.75. The van der Waals surface area contributed by atoms with Gasteiger partial charge in [-0.15, -0.1) is 11.8 Å². The first-order valence-electron chi connectivity index (χ1n) is 8.24. The van der Waals surface area contributed by atoms with E-state index in [2.05, 4.69) is 0 Å². The maximum Gasteiger partial charge on any atom is 0.269 e. The first-order valence-corrected chi connectivity index (χ1v) is 9.12. The maximum atomic E-state index is 12.9. The van der Waals surface area contributed by atoms with Crippen molar-refractivity contribution >= 4 is 23.4 Å². The van der Waals surface area contributed by atoms with Crippen LogP contribution in [0.4, 0.5) is 5.69 Å². The fraction of sp³-hybridized carbons (Fsp3) is 0.316. The Hall–Kier alpha value is -2.38. The van der Waals surface area contributed by atoms with E-state index in [4.69, 9.17) is 4.74 Å². The number of hydrogen-bond acceptors (Lipinski definition) is 5. The Morgan fingerprint density at radius 3 is 2.42 bits per heavy atom. The number of rotatable bonds is 9. The van der Waals surface area contributed by atoms with Crippen LogP contribution in [0.25, 0.3) is 0 Å². The molecule has 0 saturated carbocycles. The topological polar surface area (TPSA) is 72.7 Å². The van der Waals surface area contributed by atoms with Crippen molar-refractivity contribution in [2.45, 2.75) is 23.6 Å². The molecule has 0 spiro atoms. The van der Waals surface area contributed by atoms with Crippen LogP contribution in [0.1, 0.15) is 12.5 Å². The van der Waals surface area contributed by atoms with E-state index in [1.54, 1.807) is 24.1 Å². The second kappa shape index (κ2) is 9.94. The van der Waals surface area contributed by atoms with Gasteiger partial charge in [0, 0.05) is 37.2 Å². The summed E-state index contributed by atoms with van der Waals surface area (Å²) in [6.07, 6.45) is 0. The summed E-state index contributed by atoms with van der Waals surface area (Å²) in [5.74, 6) is 0.00857. The smallest absolute Gasteiger partial charge is 0.269 e. The van der Waals surface area contributed by atoms with E-state index in [-0.39, 0.29) is 16.8 Å². The summed E-state index contributed by atoms with van der Waals surface area (Å²) in [5, 5.41) is 10.4. The summed E-state index contributed by atoms with van der Waals surface area (Å²) in [5.41, 5.74) is 1.10. The Balaban J connectivity index is 2.04. The molecule has 0 aliphatic carbocycles. The number of nitro groups is 1. The maximum absolute atomic E-state index is 12.9. The summed E-state index contributed by atoms with van der Waals surface area (Å²) >= 11 is 1.39. The molecular weight excluding hydrogens is 352 g/mol. The molecule has 0 heterocycles. The van der Waals surface area contributed by atoms with E-state index in [0.717, 1.165) is 10.5 Å². The SMILES string of the molecule is COCCN(Cc1ccccc1)C(=O)C(C)Sc1ccc([N+](=O)[O-])cc1. The largest absolute Gasteiger partial charge is 0.383 e. The number of non-ortho nitro benzene ring substituents is 1. The number of hydrogen-bond donors (Lipinski definition) is 0. The van der Waals surface area contributed by atoms with Crippen LogP contribution >= 0.6 is 11.8 Å². The van der Waals surface area contributed by atoms with E-state index in [1.807, 2.05) is 37.3 Å². The molecule has 0 aliphatic rings. The van der Waals surface area contributed by atoms with Gasteiger partial charge in [0.15, 0.2) is 0 Å². The number of nitrogens with zero attached hydrogens (tertiary/aromatic N) is 2. The standard InChI is InChI=1S/C19H22N2O4S/c1-15(26-18-10-8-17(9-11-18)21(23)24)19(22)20(12-13-25-2)14-16-6-4-3-5-7-16/h3-11,15H,12-14H2,1-2H3. The number of ether oxygens (including phenoxy) is 1. The number of nitro benzene ring substituents is 1. The minimum Gasteiger partial charge on any atom is -0.383 e. The molecule has 1 amide bonds. The van der Waals surface area contributed by atoms with Crippen LogP contribution < -0.4 is 0 Å². The lowest BCUT2D eigenvalue weighted by Gasteiger charge is -2.25. The molecule has 0 radical (unpaired) electrons. The van der Waals surface area contributed by atoms with Gasteiger partial charge in [-0.05, 0) is 24.6 Å². The van der Waals surface area contributed by atoms with E-state index in [1.165, 1.54) is 23.9 Å². The van der Waals surface area contributed by atoms with Crippen LogP contribution in [0.15, 0.2) is 59.5 Å². The molecule has 138 valence electrons. The van der Waals surface area contributed by atoms with Crippen molar-refractivity contribution in [3.8, 4) is 0 Å². The van der Waals surface area contributed by atoms with Gasteiger partial charge >= 0.3 is 0 Å². The Morgan fingerprint density at radius 2 is 1.85 bits per heavy atom. The number of carbonyl (C=O) groups is 1. The summed E-state index contributed by atoms with van der Waals surface area (Å²) in [6.45, 7) is 3.34. The number of methoxy groups -OCH3 is 1. The Morgan fingerprint density at radius 1 is 1.19 bits per heavy atom. The molecule has 0 aliphatic heterocycles. The van der Waals surface area contributed by atoms with E-state index < -0.39 is 4.92 Å². The minimum absolute atomic E-state index is 0.00857. The molecule has 2 aromatic carbocycles. The van der Waals surface area contributed by atoms with Crippen LogP contribution in [0, 0.1) is 10.1 Å². The fourth-order valence-electron chi connectivity index (χ4n) is 2.43. The number of benzene rings is 2. The number of carbonyl (C=O) groups excluding carboxylic acids is 1. The average Bonchev–Trinajstić information content (AvgIpc) is 2.65. The zero-order valence-corrected chi connectivity index (χ0v) is 15.6.